The number of amides is 1. The lowest BCUT2D eigenvalue weighted by atomic mass is 9.85. The van der Waals surface area contributed by atoms with E-state index < -0.39 is 16.3 Å². The van der Waals surface area contributed by atoms with Gasteiger partial charge < -0.3 is 14.5 Å². The van der Waals surface area contributed by atoms with Crippen molar-refractivity contribution in [3.8, 4) is 0 Å². The minimum atomic E-state index is -0.750. The Morgan fingerprint density at radius 3 is 2.26 bits per heavy atom. The Hall–Kier alpha value is -3.42. The molecule has 0 aliphatic carbocycles. The quantitative estimate of drug-likeness (QED) is 0.414. The third-order valence-corrected chi connectivity index (χ3v) is 5.32. The van der Waals surface area contributed by atoms with Crippen LogP contribution in [-0.4, -0.2) is 54.5 Å². The second-order valence-electron chi connectivity index (χ2n) is 8.52. The molecule has 2 aromatic rings. The number of hydrogen-bond acceptors (Lipinski definition) is 6. The second kappa shape index (κ2) is 9.16. The molecule has 0 bridgehead atoms. The minimum Gasteiger partial charge on any atom is -0.452 e. The molecular weight excluding hydrogens is 398 g/mol. The van der Waals surface area contributed by atoms with E-state index in [0.717, 1.165) is 5.69 Å². The van der Waals surface area contributed by atoms with Gasteiger partial charge in [-0.3, -0.25) is 14.9 Å². The summed E-state index contributed by atoms with van der Waals surface area (Å²) in [5, 5.41) is 11.4. The SMILES string of the molecule is CC(C)(C)c1ccc(C(=O)OCC(=O)N2CCN(c3ccccc3)CC2)cc1[N+](=O)[O-]. The van der Waals surface area contributed by atoms with Gasteiger partial charge in [-0.1, -0.05) is 45.0 Å². The Balaban J connectivity index is 1.57. The largest absolute Gasteiger partial charge is 0.452 e. The number of rotatable bonds is 5. The standard InChI is InChI=1S/C23H27N3O5/c1-23(2,3)19-10-9-17(15-20(19)26(29)30)22(28)31-16-21(27)25-13-11-24(12-14-25)18-7-5-4-6-8-18/h4-10,15H,11-14,16H2,1-3H3. The van der Waals surface area contributed by atoms with Crippen LogP contribution >= 0.6 is 0 Å². The smallest absolute Gasteiger partial charge is 0.338 e. The van der Waals surface area contributed by atoms with Gasteiger partial charge in [0, 0.05) is 43.5 Å². The fourth-order valence-corrected chi connectivity index (χ4v) is 3.60. The molecule has 0 radical (unpaired) electrons. The summed E-state index contributed by atoms with van der Waals surface area (Å²) in [5.74, 6) is -1.03. The van der Waals surface area contributed by atoms with Crippen molar-refractivity contribution in [1.29, 1.82) is 0 Å². The van der Waals surface area contributed by atoms with Gasteiger partial charge in [0.25, 0.3) is 11.6 Å². The van der Waals surface area contributed by atoms with Crippen molar-refractivity contribution in [3.63, 3.8) is 0 Å². The molecule has 0 atom stereocenters. The second-order valence-corrected chi connectivity index (χ2v) is 8.52. The van der Waals surface area contributed by atoms with Gasteiger partial charge in [-0.25, -0.2) is 4.79 Å². The van der Waals surface area contributed by atoms with Crippen LogP contribution in [-0.2, 0) is 14.9 Å². The van der Waals surface area contributed by atoms with E-state index in [1.54, 1.807) is 11.0 Å². The van der Waals surface area contributed by atoms with Crippen LogP contribution < -0.4 is 4.90 Å². The van der Waals surface area contributed by atoms with Crippen molar-refractivity contribution in [2.24, 2.45) is 0 Å². The topological polar surface area (TPSA) is 93.0 Å². The zero-order valence-corrected chi connectivity index (χ0v) is 18.0. The van der Waals surface area contributed by atoms with E-state index in [9.17, 15) is 19.7 Å². The summed E-state index contributed by atoms with van der Waals surface area (Å²) in [4.78, 5) is 39.6. The highest BCUT2D eigenvalue weighted by atomic mass is 16.6. The van der Waals surface area contributed by atoms with E-state index in [1.165, 1.54) is 12.1 Å². The van der Waals surface area contributed by atoms with Gasteiger partial charge in [0.05, 0.1) is 10.5 Å². The Kier molecular flexibility index (Phi) is 6.58. The highest BCUT2D eigenvalue weighted by Crippen LogP contribution is 2.32. The lowest BCUT2D eigenvalue weighted by molar-refractivity contribution is -0.386. The van der Waals surface area contributed by atoms with Crippen molar-refractivity contribution in [1.82, 2.24) is 4.90 Å². The van der Waals surface area contributed by atoms with Gasteiger partial charge in [-0.2, -0.15) is 0 Å². The third kappa shape index (κ3) is 5.39. The van der Waals surface area contributed by atoms with Crippen LogP contribution in [0.1, 0.15) is 36.7 Å². The van der Waals surface area contributed by atoms with Crippen molar-refractivity contribution < 1.29 is 19.2 Å². The fourth-order valence-electron chi connectivity index (χ4n) is 3.60. The first-order chi connectivity index (χ1) is 14.7. The van der Waals surface area contributed by atoms with Crippen LogP contribution in [0.2, 0.25) is 0 Å². The molecule has 0 N–H and O–H groups in total. The van der Waals surface area contributed by atoms with E-state index in [1.807, 2.05) is 51.1 Å². The highest BCUT2D eigenvalue weighted by Gasteiger charge is 2.27. The maximum atomic E-state index is 12.5. The Morgan fingerprint density at radius 2 is 1.68 bits per heavy atom. The lowest BCUT2D eigenvalue weighted by Gasteiger charge is -2.36. The number of nitro groups is 1. The average molecular weight is 425 g/mol. The summed E-state index contributed by atoms with van der Waals surface area (Å²) in [6, 6.07) is 14.3. The van der Waals surface area contributed by atoms with E-state index in [-0.39, 0.29) is 23.8 Å². The van der Waals surface area contributed by atoms with Crippen LogP contribution in [0, 0.1) is 10.1 Å². The van der Waals surface area contributed by atoms with Gasteiger partial charge in [-0.15, -0.1) is 0 Å². The zero-order valence-electron chi connectivity index (χ0n) is 18.0. The molecule has 2 aromatic carbocycles. The molecular formula is C23H27N3O5. The van der Waals surface area contributed by atoms with E-state index >= 15 is 0 Å². The van der Waals surface area contributed by atoms with E-state index in [2.05, 4.69) is 4.90 Å². The number of piperazine rings is 1. The first kappa shape index (κ1) is 22.3. The van der Waals surface area contributed by atoms with E-state index in [0.29, 0.717) is 31.7 Å². The Labute approximate surface area is 181 Å². The molecule has 0 aromatic heterocycles. The van der Waals surface area contributed by atoms with E-state index in [4.69, 9.17) is 4.74 Å². The number of hydrogen-bond donors (Lipinski definition) is 0. The van der Waals surface area contributed by atoms with Crippen molar-refractivity contribution in [3.05, 3.63) is 69.8 Å². The number of carbonyl (C=O) groups excluding carboxylic acids is 2. The number of carbonyl (C=O) groups is 2. The fraction of sp³-hybridized carbons (Fsp3) is 0.391. The van der Waals surface area contributed by atoms with Gasteiger partial charge in [0.15, 0.2) is 6.61 Å². The molecule has 164 valence electrons. The van der Waals surface area contributed by atoms with Gasteiger partial charge in [-0.05, 0) is 23.6 Å². The maximum Gasteiger partial charge on any atom is 0.338 e. The molecule has 1 aliphatic heterocycles. The molecule has 1 amide bonds. The maximum absolute atomic E-state index is 12.5. The molecule has 1 fully saturated rings. The number of anilines is 1. The molecule has 1 aliphatic rings. The molecule has 8 nitrogen and oxygen atoms in total. The normalized spacial score (nSPS) is 14.3. The average Bonchev–Trinajstić information content (AvgIpc) is 2.76. The summed E-state index contributed by atoms with van der Waals surface area (Å²) >= 11 is 0. The van der Waals surface area contributed by atoms with Crippen LogP contribution in [0.25, 0.3) is 0 Å². The van der Waals surface area contributed by atoms with Crippen molar-refractivity contribution in [2.45, 2.75) is 26.2 Å². The zero-order chi connectivity index (χ0) is 22.6. The van der Waals surface area contributed by atoms with Crippen LogP contribution in [0.5, 0.6) is 0 Å². The molecule has 0 spiro atoms. The van der Waals surface area contributed by atoms with Crippen LogP contribution in [0.15, 0.2) is 48.5 Å². The summed E-state index contributed by atoms with van der Waals surface area (Å²) < 4.78 is 5.15. The predicted molar refractivity (Wildman–Crippen MR) is 117 cm³/mol. The first-order valence-electron chi connectivity index (χ1n) is 10.2. The summed E-state index contributed by atoms with van der Waals surface area (Å²) in [5.41, 5.74) is 1.12. The summed E-state index contributed by atoms with van der Waals surface area (Å²) in [6.45, 7) is 7.68. The van der Waals surface area contributed by atoms with Crippen LogP contribution in [0.4, 0.5) is 11.4 Å². The molecule has 0 unspecified atom stereocenters. The summed E-state index contributed by atoms with van der Waals surface area (Å²) in [7, 11) is 0. The predicted octanol–water partition coefficient (Wildman–Crippen LogP) is 3.40. The number of esters is 1. The van der Waals surface area contributed by atoms with Gasteiger partial charge in [0.1, 0.15) is 0 Å². The van der Waals surface area contributed by atoms with Crippen LogP contribution in [0.3, 0.4) is 0 Å². The monoisotopic (exact) mass is 425 g/mol. The lowest BCUT2D eigenvalue weighted by Crippen LogP contribution is -2.49. The number of para-hydroxylation sites is 1. The minimum absolute atomic E-state index is 0.0568. The Morgan fingerprint density at radius 1 is 1.03 bits per heavy atom. The van der Waals surface area contributed by atoms with Crippen molar-refractivity contribution in [2.75, 3.05) is 37.7 Å². The molecule has 3 rings (SSSR count). The molecule has 31 heavy (non-hydrogen) atoms. The highest BCUT2D eigenvalue weighted by molar-refractivity contribution is 5.92. The molecule has 8 heteroatoms. The third-order valence-electron chi connectivity index (χ3n) is 5.32. The first-order valence-corrected chi connectivity index (χ1v) is 10.2. The molecule has 1 heterocycles. The Bertz CT molecular complexity index is 961. The number of nitrogens with zero attached hydrogens (tertiary/aromatic N) is 3. The van der Waals surface area contributed by atoms with Gasteiger partial charge >= 0.3 is 5.97 Å². The van der Waals surface area contributed by atoms with Gasteiger partial charge in [0.2, 0.25) is 0 Å². The number of ether oxygens (including phenoxy) is 1. The molecule has 0 saturated carbocycles. The molecule has 1 saturated heterocycles. The summed E-state index contributed by atoms with van der Waals surface area (Å²) in [6.07, 6.45) is 0. The van der Waals surface area contributed by atoms with Crippen molar-refractivity contribution >= 4 is 23.3 Å². The number of benzene rings is 2. The number of nitro benzene ring substituents is 1.